The van der Waals surface area contributed by atoms with E-state index in [9.17, 15) is 0 Å². The van der Waals surface area contributed by atoms with Crippen molar-refractivity contribution in [2.24, 2.45) is 0 Å². The van der Waals surface area contributed by atoms with Gasteiger partial charge in [0, 0.05) is 24.1 Å². The highest BCUT2D eigenvalue weighted by Gasteiger charge is 2.27. The van der Waals surface area contributed by atoms with Gasteiger partial charge >= 0.3 is 0 Å². The number of rotatable bonds is 5. The van der Waals surface area contributed by atoms with Crippen molar-refractivity contribution in [1.82, 2.24) is 25.2 Å². The summed E-state index contributed by atoms with van der Waals surface area (Å²) in [6.07, 6.45) is 2.70. The molecule has 1 N–H and O–H groups in total. The lowest BCUT2D eigenvalue weighted by atomic mass is 9.89. The molecule has 3 aromatic rings. The number of likely N-dealkylation sites (N-methyl/N-ethyl adjacent to an activating group) is 1. The second kappa shape index (κ2) is 8.23. The number of hydrogen-bond donors (Lipinski definition) is 1. The smallest absolute Gasteiger partial charge is 0.261 e. The van der Waals surface area contributed by atoms with Gasteiger partial charge in [0.15, 0.2) is 5.82 Å². The van der Waals surface area contributed by atoms with Gasteiger partial charge < -0.3 is 9.84 Å². The third-order valence-electron chi connectivity index (χ3n) is 4.40. The topological polar surface area (TPSA) is 68.8 Å². The fraction of sp³-hybridized carbons (Fsp3) is 0.450. The minimum atomic E-state index is -0.141. The molecule has 0 fully saturated rings. The Balaban J connectivity index is 0.00000261. The van der Waals surface area contributed by atoms with E-state index in [0.29, 0.717) is 11.7 Å². The minimum absolute atomic E-state index is 0. The van der Waals surface area contributed by atoms with E-state index >= 15 is 0 Å². The lowest BCUT2D eigenvalue weighted by molar-refractivity contribution is 0.417. The zero-order chi connectivity index (χ0) is 18.9. The number of hydrogen-bond acceptors (Lipinski definition) is 5. The largest absolute Gasteiger partial charge is 0.334 e. The van der Waals surface area contributed by atoms with Crippen LogP contribution in [-0.4, -0.2) is 33.0 Å². The highest BCUT2D eigenvalue weighted by Crippen LogP contribution is 2.32. The van der Waals surface area contributed by atoms with Crippen molar-refractivity contribution in [3.8, 4) is 17.1 Å². The van der Waals surface area contributed by atoms with E-state index in [4.69, 9.17) is 9.62 Å². The van der Waals surface area contributed by atoms with E-state index in [1.54, 1.807) is 0 Å². The molecule has 0 aliphatic carbocycles. The maximum Gasteiger partial charge on any atom is 0.261 e. The first kappa shape index (κ1) is 21.1. The molecule has 27 heavy (non-hydrogen) atoms. The molecule has 0 aliphatic heterocycles. The summed E-state index contributed by atoms with van der Waals surface area (Å²) in [5.74, 6) is 1.22. The van der Waals surface area contributed by atoms with Crippen LogP contribution in [0.2, 0.25) is 0 Å². The molecule has 1 unspecified atom stereocenters. The van der Waals surface area contributed by atoms with Crippen molar-refractivity contribution in [1.29, 1.82) is 0 Å². The fourth-order valence-electron chi connectivity index (χ4n) is 2.74. The zero-order valence-corrected chi connectivity index (χ0v) is 17.6. The summed E-state index contributed by atoms with van der Waals surface area (Å²) in [5.41, 5.74) is 3.91. The Labute approximate surface area is 166 Å². The molecule has 0 radical (unpaired) electrons. The molecule has 2 aromatic heterocycles. The van der Waals surface area contributed by atoms with Crippen LogP contribution in [-0.2, 0) is 11.8 Å². The first-order valence-electron chi connectivity index (χ1n) is 8.95. The van der Waals surface area contributed by atoms with Gasteiger partial charge in [0.1, 0.15) is 0 Å². The molecule has 0 aliphatic rings. The number of aryl methyl sites for hydroxylation is 1. The predicted molar refractivity (Wildman–Crippen MR) is 110 cm³/mol. The summed E-state index contributed by atoms with van der Waals surface area (Å²) in [6.45, 7) is 10.6. The number of aromatic nitrogens is 4. The maximum atomic E-state index is 5.56. The van der Waals surface area contributed by atoms with Gasteiger partial charge in [-0.05, 0) is 33.0 Å². The number of nitrogens with one attached hydrogen (secondary N) is 1. The van der Waals surface area contributed by atoms with Crippen LogP contribution in [0.15, 0.2) is 35.0 Å². The standard InChI is InChI=1S/C20H27N5O.ClH/c1-13-7-9-15(10-8-13)25-12-16(18(23-25)20(3,4)5)19-22-17(24-26-19)11-14(2)21-6;/h7-10,12,14,21H,11H2,1-6H3;1H. The zero-order valence-electron chi connectivity index (χ0n) is 16.8. The average molecular weight is 390 g/mol. The fourth-order valence-corrected chi connectivity index (χ4v) is 2.74. The third-order valence-corrected chi connectivity index (χ3v) is 4.40. The van der Waals surface area contributed by atoms with Crippen LogP contribution in [0.5, 0.6) is 0 Å². The summed E-state index contributed by atoms with van der Waals surface area (Å²) in [6, 6.07) is 8.57. The molecule has 1 aromatic carbocycles. The summed E-state index contributed by atoms with van der Waals surface area (Å²) < 4.78 is 7.44. The Hall–Kier alpha value is -2.18. The molecule has 2 heterocycles. The lowest BCUT2D eigenvalue weighted by Crippen LogP contribution is -2.24. The molecular weight excluding hydrogens is 362 g/mol. The molecule has 0 saturated heterocycles. The molecule has 0 saturated carbocycles. The van der Waals surface area contributed by atoms with Crippen molar-refractivity contribution in [3.63, 3.8) is 0 Å². The van der Waals surface area contributed by atoms with Gasteiger partial charge in [0.05, 0.1) is 16.9 Å². The van der Waals surface area contributed by atoms with E-state index in [0.717, 1.165) is 23.4 Å². The highest BCUT2D eigenvalue weighted by atomic mass is 35.5. The van der Waals surface area contributed by atoms with Crippen molar-refractivity contribution < 1.29 is 4.52 Å². The Morgan fingerprint density at radius 2 is 1.85 bits per heavy atom. The summed E-state index contributed by atoms with van der Waals surface area (Å²) in [5, 5.41) is 12.1. The molecular formula is C20H28ClN5O. The van der Waals surface area contributed by atoms with Gasteiger partial charge in [-0.25, -0.2) is 4.68 Å². The van der Waals surface area contributed by atoms with Crippen molar-refractivity contribution >= 4 is 12.4 Å². The quantitative estimate of drug-likeness (QED) is 0.711. The van der Waals surface area contributed by atoms with Gasteiger partial charge in [-0.3, -0.25) is 0 Å². The van der Waals surface area contributed by atoms with Crippen LogP contribution in [0.1, 0.15) is 44.8 Å². The van der Waals surface area contributed by atoms with Crippen LogP contribution >= 0.6 is 12.4 Å². The van der Waals surface area contributed by atoms with E-state index in [1.165, 1.54) is 5.56 Å². The van der Waals surface area contributed by atoms with Crippen molar-refractivity contribution in [2.45, 2.75) is 52.5 Å². The van der Waals surface area contributed by atoms with E-state index in [2.05, 4.69) is 74.3 Å². The second-order valence-corrected chi connectivity index (χ2v) is 7.83. The maximum absolute atomic E-state index is 5.56. The Bertz CT molecular complexity index is 877. The number of nitrogens with zero attached hydrogens (tertiary/aromatic N) is 4. The van der Waals surface area contributed by atoms with Gasteiger partial charge in [-0.15, -0.1) is 12.4 Å². The SMILES string of the molecule is CNC(C)Cc1noc(-c2cn(-c3ccc(C)cc3)nc2C(C)(C)C)n1.Cl. The lowest BCUT2D eigenvalue weighted by Gasteiger charge is -2.16. The minimum Gasteiger partial charge on any atom is -0.334 e. The number of benzene rings is 1. The van der Waals surface area contributed by atoms with Crippen LogP contribution in [0, 0.1) is 6.92 Å². The summed E-state index contributed by atoms with van der Waals surface area (Å²) in [7, 11) is 1.93. The summed E-state index contributed by atoms with van der Waals surface area (Å²) in [4.78, 5) is 4.59. The van der Waals surface area contributed by atoms with E-state index in [-0.39, 0.29) is 23.9 Å². The number of halogens is 1. The predicted octanol–water partition coefficient (Wildman–Crippen LogP) is 4.10. The van der Waals surface area contributed by atoms with Crippen LogP contribution < -0.4 is 5.32 Å². The molecule has 7 heteroatoms. The molecule has 0 amide bonds. The molecule has 6 nitrogen and oxygen atoms in total. The van der Waals surface area contributed by atoms with Crippen LogP contribution in [0.3, 0.4) is 0 Å². The van der Waals surface area contributed by atoms with Gasteiger partial charge in [-0.1, -0.05) is 43.6 Å². The van der Waals surface area contributed by atoms with E-state index < -0.39 is 0 Å². The summed E-state index contributed by atoms with van der Waals surface area (Å²) >= 11 is 0. The second-order valence-electron chi connectivity index (χ2n) is 7.83. The molecule has 0 spiro atoms. The van der Waals surface area contributed by atoms with Gasteiger partial charge in [-0.2, -0.15) is 10.1 Å². The van der Waals surface area contributed by atoms with E-state index in [1.807, 2.05) is 17.9 Å². The Morgan fingerprint density at radius 1 is 1.19 bits per heavy atom. The van der Waals surface area contributed by atoms with Gasteiger partial charge in [0.25, 0.3) is 5.89 Å². The molecule has 1 atom stereocenters. The van der Waals surface area contributed by atoms with Crippen molar-refractivity contribution in [3.05, 3.63) is 47.5 Å². The molecule has 146 valence electrons. The average Bonchev–Trinajstić information content (AvgIpc) is 3.21. The monoisotopic (exact) mass is 389 g/mol. The van der Waals surface area contributed by atoms with Gasteiger partial charge in [0.2, 0.25) is 0 Å². The molecule has 0 bridgehead atoms. The first-order valence-corrected chi connectivity index (χ1v) is 8.95. The van der Waals surface area contributed by atoms with Crippen LogP contribution in [0.4, 0.5) is 0 Å². The van der Waals surface area contributed by atoms with Crippen molar-refractivity contribution in [2.75, 3.05) is 7.05 Å². The normalized spacial score (nSPS) is 12.7. The third kappa shape index (κ3) is 4.76. The molecule has 3 rings (SSSR count). The Kier molecular flexibility index (Phi) is 6.44. The highest BCUT2D eigenvalue weighted by molar-refractivity contribution is 5.85. The van der Waals surface area contributed by atoms with Crippen LogP contribution in [0.25, 0.3) is 17.1 Å². The first-order chi connectivity index (χ1) is 12.3. The Morgan fingerprint density at radius 3 is 2.44 bits per heavy atom.